The molecule has 0 aliphatic carbocycles. The minimum atomic E-state index is -0.495. The summed E-state index contributed by atoms with van der Waals surface area (Å²) in [4.78, 5) is 18.5. The lowest BCUT2D eigenvalue weighted by Gasteiger charge is -2.16. The number of hydrogen-bond donors (Lipinski definition) is 1. The second kappa shape index (κ2) is 6.91. The Bertz CT molecular complexity index is 474. The van der Waals surface area contributed by atoms with Crippen LogP contribution < -0.4 is 5.73 Å². The zero-order chi connectivity index (χ0) is 14.4. The van der Waals surface area contributed by atoms with E-state index in [-0.39, 0.29) is 6.61 Å². The van der Waals surface area contributed by atoms with Crippen molar-refractivity contribution in [3.63, 3.8) is 0 Å². The van der Waals surface area contributed by atoms with Gasteiger partial charge >= 0.3 is 6.09 Å². The molecule has 1 aromatic rings. The number of carbonyl (C=O) groups is 1. The Labute approximate surface area is 118 Å². The largest absolute Gasteiger partial charge is 0.444 e. The van der Waals surface area contributed by atoms with E-state index in [9.17, 15) is 4.79 Å². The maximum Gasteiger partial charge on any atom is 0.415 e. The van der Waals surface area contributed by atoms with Crippen LogP contribution in [0, 0.1) is 0 Å². The molecule has 1 saturated heterocycles. The summed E-state index contributed by atoms with van der Waals surface area (Å²) in [7, 11) is 0. The van der Waals surface area contributed by atoms with Gasteiger partial charge in [-0.05, 0) is 18.9 Å². The highest BCUT2D eigenvalue weighted by Crippen LogP contribution is 2.14. The van der Waals surface area contributed by atoms with Crippen molar-refractivity contribution in [3.05, 3.63) is 35.9 Å². The van der Waals surface area contributed by atoms with Crippen molar-refractivity contribution < 1.29 is 14.4 Å². The van der Waals surface area contributed by atoms with E-state index in [1.807, 2.05) is 30.3 Å². The summed E-state index contributed by atoms with van der Waals surface area (Å²) in [5.74, 6) is 0.570. The van der Waals surface area contributed by atoms with Gasteiger partial charge in [0.15, 0.2) is 12.1 Å². The first-order chi connectivity index (χ1) is 9.66. The van der Waals surface area contributed by atoms with Crippen LogP contribution in [0.15, 0.2) is 35.5 Å². The Balaban J connectivity index is 1.89. The molecule has 6 heteroatoms. The number of amides is 1. The zero-order valence-corrected chi connectivity index (χ0v) is 11.5. The van der Waals surface area contributed by atoms with E-state index >= 15 is 0 Å². The number of hydrogen-bond acceptors (Lipinski definition) is 5. The number of nitrogens with two attached hydrogens (primary N) is 1. The molecule has 1 aromatic carbocycles. The van der Waals surface area contributed by atoms with E-state index in [0.717, 1.165) is 12.0 Å². The second-order valence-electron chi connectivity index (χ2n) is 4.61. The molecule has 0 bridgehead atoms. The van der Waals surface area contributed by atoms with Crippen molar-refractivity contribution >= 4 is 11.9 Å². The predicted molar refractivity (Wildman–Crippen MR) is 74.7 cm³/mol. The molecular weight excluding hydrogens is 258 g/mol. The summed E-state index contributed by atoms with van der Waals surface area (Å²) in [6, 6.07) is 9.55. The molecular formula is C14H19N3O3. The third-order valence-electron chi connectivity index (χ3n) is 2.84. The Morgan fingerprint density at radius 2 is 2.20 bits per heavy atom. The molecule has 0 aromatic heterocycles. The lowest BCUT2D eigenvalue weighted by molar-refractivity contribution is 0.0722. The van der Waals surface area contributed by atoms with Crippen molar-refractivity contribution in [2.45, 2.75) is 32.6 Å². The highest BCUT2D eigenvalue weighted by Gasteiger charge is 2.27. The Kier molecular flexibility index (Phi) is 4.95. The Morgan fingerprint density at radius 1 is 1.45 bits per heavy atom. The number of likely N-dealkylation sites (tertiary alicyclic amines) is 1. The first-order valence-electron chi connectivity index (χ1n) is 6.63. The summed E-state index contributed by atoms with van der Waals surface area (Å²) in [5, 5.41) is 3.90. The number of nitrogens with zero attached hydrogens (tertiary/aromatic N) is 2. The van der Waals surface area contributed by atoms with Crippen LogP contribution >= 0.6 is 0 Å². The van der Waals surface area contributed by atoms with E-state index in [1.165, 1.54) is 4.90 Å². The molecule has 1 heterocycles. The first-order valence-corrected chi connectivity index (χ1v) is 6.63. The van der Waals surface area contributed by atoms with Crippen LogP contribution in [0.3, 0.4) is 0 Å². The van der Waals surface area contributed by atoms with E-state index in [0.29, 0.717) is 18.8 Å². The fraction of sp³-hybridized carbons (Fsp3) is 0.429. The smallest absolute Gasteiger partial charge is 0.415 e. The van der Waals surface area contributed by atoms with Crippen molar-refractivity contribution in [2.24, 2.45) is 10.9 Å². The SMILES string of the molecule is C[C@@H](N)O/N=C1\CCCN1C(=O)OCc1ccccc1. The lowest BCUT2D eigenvalue weighted by atomic mass is 10.2. The average Bonchev–Trinajstić information content (AvgIpc) is 2.92. The number of benzene rings is 1. The lowest BCUT2D eigenvalue weighted by Crippen LogP contribution is -2.33. The van der Waals surface area contributed by atoms with E-state index in [4.69, 9.17) is 15.3 Å². The van der Waals surface area contributed by atoms with Gasteiger partial charge in [-0.2, -0.15) is 0 Å². The van der Waals surface area contributed by atoms with Crippen molar-refractivity contribution in [2.75, 3.05) is 6.54 Å². The standard InChI is InChI=1S/C14H19N3O3/c1-11(15)20-16-13-8-5-9-17(13)14(18)19-10-12-6-3-2-4-7-12/h2-4,6-7,11H,5,8-10,15H2,1H3/b16-13+/t11-/m0/s1. The monoisotopic (exact) mass is 277 g/mol. The Hall–Kier alpha value is -2.08. The molecule has 2 N–H and O–H groups in total. The van der Waals surface area contributed by atoms with E-state index in [2.05, 4.69) is 5.16 Å². The van der Waals surface area contributed by atoms with Gasteiger partial charge in [-0.15, -0.1) is 0 Å². The van der Waals surface area contributed by atoms with Gasteiger partial charge in [-0.3, -0.25) is 10.6 Å². The van der Waals surface area contributed by atoms with Gasteiger partial charge in [-0.25, -0.2) is 4.79 Å². The minimum absolute atomic E-state index is 0.248. The Morgan fingerprint density at radius 3 is 2.90 bits per heavy atom. The van der Waals surface area contributed by atoms with Crippen LogP contribution in [-0.2, 0) is 16.2 Å². The van der Waals surface area contributed by atoms with Gasteiger partial charge in [0.1, 0.15) is 6.61 Å². The number of carbonyl (C=O) groups excluding carboxylic acids is 1. The summed E-state index contributed by atoms with van der Waals surface area (Å²) < 4.78 is 5.27. The molecule has 1 atom stereocenters. The van der Waals surface area contributed by atoms with Crippen molar-refractivity contribution in [3.8, 4) is 0 Å². The minimum Gasteiger partial charge on any atom is -0.444 e. The molecule has 108 valence electrons. The predicted octanol–water partition coefficient (Wildman–Crippen LogP) is 2.05. The molecule has 2 rings (SSSR count). The third kappa shape index (κ3) is 3.96. The van der Waals surface area contributed by atoms with Crippen LogP contribution in [0.25, 0.3) is 0 Å². The fourth-order valence-electron chi connectivity index (χ4n) is 1.89. The molecule has 0 spiro atoms. The molecule has 1 aliphatic rings. The summed E-state index contributed by atoms with van der Waals surface area (Å²) in [6.07, 6.45) is 0.637. The summed E-state index contributed by atoms with van der Waals surface area (Å²) in [5.41, 5.74) is 6.41. The molecule has 0 unspecified atom stereocenters. The normalized spacial score (nSPS) is 18.1. The van der Waals surface area contributed by atoms with E-state index in [1.54, 1.807) is 6.92 Å². The quantitative estimate of drug-likeness (QED) is 0.675. The van der Waals surface area contributed by atoms with Crippen molar-refractivity contribution in [1.82, 2.24) is 4.90 Å². The van der Waals surface area contributed by atoms with Gasteiger partial charge in [0.05, 0.1) is 0 Å². The number of ether oxygens (including phenoxy) is 1. The van der Waals surface area contributed by atoms with Crippen LogP contribution in [-0.4, -0.2) is 29.6 Å². The fourth-order valence-corrected chi connectivity index (χ4v) is 1.89. The number of rotatable bonds is 4. The second-order valence-corrected chi connectivity index (χ2v) is 4.61. The highest BCUT2D eigenvalue weighted by atomic mass is 16.6. The topological polar surface area (TPSA) is 77.2 Å². The van der Waals surface area contributed by atoms with Crippen LogP contribution in [0.2, 0.25) is 0 Å². The molecule has 0 saturated carbocycles. The maximum atomic E-state index is 12.0. The third-order valence-corrected chi connectivity index (χ3v) is 2.84. The van der Waals surface area contributed by atoms with Crippen LogP contribution in [0.5, 0.6) is 0 Å². The van der Waals surface area contributed by atoms with Gasteiger partial charge < -0.3 is 9.57 Å². The van der Waals surface area contributed by atoms with Gasteiger partial charge in [-0.1, -0.05) is 35.5 Å². The van der Waals surface area contributed by atoms with Crippen molar-refractivity contribution in [1.29, 1.82) is 0 Å². The zero-order valence-electron chi connectivity index (χ0n) is 11.5. The van der Waals surface area contributed by atoms with Gasteiger partial charge in [0.25, 0.3) is 0 Å². The molecule has 0 radical (unpaired) electrons. The molecule has 20 heavy (non-hydrogen) atoms. The highest BCUT2D eigenvalue weighted by molar-refractivity contribution is 5.96. The van der Waals surface area contributed by atoms with Gasteiger partial charge in [0.2, 0.25) is 0 Å². The number of amidine groups is 1. The molecule has 1 amide bonds. The first kappa shape index (κ1) is 14.3. The summed E-state index contributed by atoms with van der Waals surface area (Å²) in [6.45, 7) is 2.52. The van der Waals surface area contributed by atoms with Crippen LogP contribution in [0.4, 0.5) is 4.79 Å². The summed E-state index contributed by atoms with van der Waals surface area (Å²) >= 11 is 0. The van der Waals surface area contributed by atoms with Crippen LogP contribution in [0.1, 0.15) is 25.3 Å². The number of oxime groups is 1. The molecule has 1 fully saturated rings. The van der Waals surface area contributed by atoms with Gasteiger partial charge in [0, 0.05) is 13.0 Å². The van der Waals surface area contributed by atoms with E-state index < -0.39 is 12.3 Å². The maximum absolute atomic E-state index is 12.0. The molecule has 6 nitrogen and oxygen atoms in total. The molecule has 1 aliphatic heterocycles. The average molecular weight is 277 g/mol.